The van der Waals surface area contributed by atoms with E-state index in [1.807, 2.05) is 49.4 Å². The molecule has 26 heavy (non-hydrogen) atoms. The minimum atomic E-state index is -1.08. The smallest absolute Gasteiger partial charge is 0.346 e. The summed E-state index contributed by atoms with van der Waals surface area (Å²) in [6.07, 6.45) is 3.00. The van der Waals surface area contributed by atoms with Crippen molar-refractivity contribution in [2.75, 3.05) is 0 Å². The number of rotatable bonds is 5. The molecule has 6 heteroatoms. The van der Waals surface area contributed by atoms with Gasteiger partial charge in [-0.15, -0.1) is 5.01 Å². The number of urea groups is 1. The normalized spacial score (nSPS) is 28.0. The number of carbonyl (C=O) groups is 2. The van der Waals surface area contributed by atoms with E-state index in [-0.39, 0.29) is 5.91 Å². The summed E-state index contributed by atoms with van der Waals surface area (Å²) in [7, 11) is 0. The molecule has 0 bridgehead atoms. The quantitative estimate of drug-likeness (QED) is 0.661. The van der Waals surface area contributed by atoms with Gasteiger partial charge in [-0.3, -0.25) is 4.79 Å². The van der Waals surface area contributed by atoms with E-state index in [1.165, 1.54) is 6.21 Å². The molecule has 0 radical (unpaired) electrons. The summed E-state index contributed by atoms with van der Waals surface area (Å²) in [5.74, 6) is 2.21. The third-order valence-electron chi connectivity index (χ3n) is 5.29. The predicted octanol–water partition coefficient (Wildman–Crippen LogP) is 3.59. The Labute approximate surface area is 151 Å². The van der Waals surface area contributed by atoms with Crippen molar-refractivity contribution >= 4 is 18.2 Å². The molecule has 1 aliphatic carbocycles. The van der Waals surface area contributed by atoms with E-state index in [0.717, 1.165) is 22.8 Å². The molecule has 3 atom stereocenters. The summed E-state index contributed by atoms with van der Waals surface area (Å²) in [6, 6.07) is 12.5. The van der Waals surface area contributed by atoms with Gasteiger partial charge in [0.1, 0.15) is 17.1 Å². The first-order chi connectivity index (χ1) is 12.5. The molecule has 4 rings (SSSR count). The number of nitrogens with one attached hydrogen (secondary N) is 1. The largest absolute Gasteiger partial charge is 0.460 e. The van der Waals surface area contributed by atoms with E-state index >= 15 is 0 Å². The second-order valence-corrected chi connectivity index (χ2v) is 6.98. The van der Waals surface area contributed by atoms with Gasteiger partial charge in [0.25, 0.3) is 5.91 Å². The van der Waals surface area contributed by atoms with Crippen LogP contribution in [0, 0.1) is 5.92 Å². The zero-order valence-corrected chi connectivity index (χ0v) is 14.8. The van der Waals surface area contributed by atoms with Crippen LogP contribution in [0.4, 0.5) is 4.79 Å². The molecule has 6 nitrogen and oxygen atoms in total. The first-order valence-corrected chi connectivity index (χ1v) is 8.91. The monoisotopic (exact) mass is 351 g/mol. The number of hydrogen-bond acceptors (Lipinski definition) is 4. The first kappa shape index (κ1) is 16.6. The number of nitrogens with zero attached hydrogens (tertiary/aromatic N) is 2. The van der Waals surface area contributed by atoms with Crippen molar-refractivity contribution in [2.45, 2.75) is 38.1 Å². The fraction of sp³-hybridized carbons (Fsp3) is 0.350. The van der Waals surface area contributed by atoms with E-state index in [4.69, 9.17) is 4.42 Å². The average molecular weight is 351 g/mol. The molecule has 1 aromatic carbocycles. The van der Waals surface area contributed by atoms with Gasteiger partial charge in [0.15, 0.2) is 0 Å². The minimum absolute atomic E-state index is 0.380. The number of carbonyl (C=O) groups excluding carboxylic acids is 2. The van der Waals surface area contributed by atoms with Gasteiger partial charge in [0, 0.05) is 5.92 Å². The Morgan fingerprint density at radius 2 is 2.00 bits per heavy atom. The third-order valence-corrected chi connectivity index (χ3v) is 5.29. The minimum Gasteiger partial charge on any atom is -0.460 e. The van der Waals surface area contributed by atoms with Crippen molar-refractivity contribution in [3.05, 3.63) is 59.5 Å². The van der Waals surface area contributed by atoms with Gasteiger partial charge in [0.2, 0.25) is 0 Å². The summed E-state index contributed by atoms with van der Waals surface area (Å²) >= 11 is 0. The second kappa shape index (κ2) is 6.12. The maximum Gasteiger partial charge on any atom is 0.346 e. The van der Waals surface area contributed by atoms with Crippen LogP contribution < -0.4 is 5.32 Å². The standard InChI is InChI=1S/C20H21N3O3/c1-3-20(14-7-5-4-6-8-14)18(24)23(19(25)22-20)21-12-15-9-10-17(26-15)16-11-13(16)2/h4-10,12-13,16H,3,11H2,1-2H3,(H,22,25)/b21-12-/t13-,16-,20-/m0/s1. The Kier molecular flexibility index (Phi) is 3.90. The summed E-state index contributed by atoms with van der Waals surface area (Å²) in [5.41, 5.74) is -0.324. The molecule has 2 heterocycles. The van der Waals surface area contributed by atoms with Gasteiger partial charge < -0.3 is 9.73 Å². The van der Waals surface area contributed by atoms with Gasteiger partial charge >= 0.3 is 6.03 Å². The van der Waals surface area contributed by atoms with Crippen LogP contribution in [-0.4, -0.2) is 23.2 Å². The molecule has 134 valence electrons. The molecule has 0 unspecified atom stereocenters. The van der Waals surface area contributed by atoms with E-state index in [0.29, 0.717) is 24.0 Å². The van der Waals surface area contributed by atoms with Gasteiger partial charge in [-0.1, -0.05) is 44.2 Å². The molecule has 1 N–H and O–H groups in total. The van der Waals surface area contributed by atoms with Crippen LogP contribution in [-0.2, 0) is 10.3 Å². The zero-order chi connectivity index (χ0) is 18.3. The van der Waals surface area contributed by atoms with Crippen molar-refractivity contribution < 1.29 is 14.0 Å². The van der Waals surface area contributed by atoms with E-state index in [2.05, 4.69) is 17.3 Å². The highest BCUT2D eigenvalue weighted by Gasteiger charge is 2.51. The molecular formula is C20H21N3O3. The van der Waals surface area contributed by atoms with Crippen LogP contribution in [0.5, 0.6) is 0 Å². The van der Waals surface area contributed by atoms with Gasteiger partial charge in [-0.05, 0) is 36.5 Å². The Hall–Kier alpha value is -2.89. The van der Waals surface area contributed by atoms with Crippen LogP contribution in [0.3, 0.4) is 0 Å². The van der Waals surface area contributed by atoms with Crippen LogP contribution >= 0.6 is 0 Å². The molecular weight excluding hydrogens is 330 g/mol. The molecule has 3 amide bonds. The second-order valence-electron chi connectivity index (χ2n) is 6.98. The highest BCUT2D eigenvalue weighted by Crippen LogP contribution is 2.47. The Balaban J connectivity index is 1.56. The van der Waals surface area contributed by atoms with E-state index < -0.39 is 11.6 Å². The van der Waals surface area contributed by atoms with Gasteiger partial charge in [-0.2, -0.15) is 5.10 Å². The lowest BCUT2D eigenvalue weighted by molar-refractivity contribution is -0.131. The molecule has 1 aliphatic heterocycles. The van der Waals surface area contributed by atoms with Crippen molar-refractivity contribution in [3.63, 3.8) is 0 Å². The van der Waals surface area contributed by atoms with Gasteiger partial charge in [-0.25, -0.2) is 4.79 Å². The number of benzene rings is 1. The number of imide groups is 1. The summed E-state index contributed by atoms with van der Waals surface area (Å²) < 4.78 is 5.75. The summed E-state index contributed by atoms with van der Waals surface area (Å²) in [4.78, 5) is 25.3. The van der Waals surface area contributed by atoms with Crippen molar-refractivity contribution in [3.8, 4) is 0 Å². The SMILES string of the molecule is CC[C@@]1(c2ccccc2)NC(=O)N(/N=C\c2ccc([C@H]3C[C@@H]3C)o2)C1=O. The lowest BCUT2D eigenvalue weighted by atomic mass is 9.87. The van der Waals surface area contributed by atoms with Crippen molar-refractivity contribution in [1.29, 1.82) is 0 Å². The molecule has 1 aromatic heterocycles. The van der Waals surface area contributed by atoms with E-state index in [1.54, 1.807) is 0 Å². The van der Waals surface area contributed by atoms with Crippen LogP contribution in [0.15, 0.2) is 52.0 Å². The fourth-order valence-corrected chi connectivity index (χ4v) is 3.50. The molecule has 2 fully saturated rings. The maximum absolute atomic E-state index is 13.0. The Morgan fingerprint density at radius 3 is 2.65 bits per heavy atom. The molecule has 0 spiro atoms. The van der Waals surface area contributed by atoms with Crippen LogP contribution in [0.25, 0.3) is 0 Å². The fourth-order valence-electron chi connectivity index (χ4n) is 3.50. The highest BCUT2D eigenvalue weighted by atomic mass is 16.3. The van der Waals surface area contributed by atoms with Crippen LogP contribution in [0.1, 0.15) is 49.7 Å². The molecule has 1 saturated carbocycles. The summed E-state index contributed by atoms with van der Waals surface area (Å²) in [6.45, 7) is 4.05. The average Bonchev–Trinajstić information content (AvgIpc) is 3.10. The highest BCUT2D eigenvalue weighted by molar-refractivity contribution is 6.07. The molecule has 2 aromatic rings. The van der Waals surface area contributed by atoms with Crippen molar-refractivity contribution in [1.82, 2.24) is 10.3 Å². The Morgan fingerprint density at radius 1 is 1.27 bits per heavy atom. The molecule has 2 aliphatic rings. The van der Waals surface area contributed by atoms with Gasteiger partial charge in [0.05, 0.1) is 6.21 Å². The number of furan rings is 1. The number of hydrogen-bond donors (Lipinski definition) is 1. The van der Waals surface area contributed by atoms with Crippen LogP contribution in [0.2, 0.25) is 0 Å². The topological polar surface area (TPSA) is 74.9 Å². The summed E-state index contributed by atoms with van der Waals surface area (Å²) in [5, 5.41) is 7.78. The lowest BCUT2D eigenvalue weighted by Crippen LogP contribution is -2.43. The number of amides is 3. The predicted molar refractivity (Wildman–Crippen MR) is 96.6 cm³/mol. The number of hydrazone groups is 1. The molecule has 1 saturated heterocycles. The maximum atomic E-state index is 13.0. The van der Waals surface area contributed by atoms with Crippen molar-refractivity contribution in [2.24, 2.45) is 11.0 Å². The van der Waals surface area contributed by atoms with E-state index in [9.17, 15) is 9.59 Å². The third kappa shape index (κ3) is 2.62. The zero-order valence-electron chi connectivity index (χ0n) is 14.8. The lowest BCUT2D eigenvalue weighted by Gasteiger charge is -2.24. The first-order valence-electron chi connectivity index (χ1n) is 8.91. The Bertz CT molecular complexity index is 873.